The number of halogens is 5. The van der Waals surface area contributed by atoms with Crippen molar-refractivity contribution in [3.63, 3.8) is 0 Å². The van der Waals surface area contributed by atoms with E-state index in [1.165, 1.54) is 16.7 Å². The molecule has 0 radical (unpaired) electrons. The summed E-state index contributed by atoms with van der Waals surface area (Å²) < 4.78 is 74.8. The molecule has 3 aromatic rings. The van der Waals surface area contributed by atoms with Gasteiger partial charge < -0.3 is 15.3 Å². The van der Waals surface area contributed by atoms with Crippen LogP contribution in [0.3, 0.4) is 0 Å². The lowest BCUT2D eigenvalue weighted by atomic mass is 9.87. The van der Waals surface area contributed by atoms with Crippen molar-refractivity contribution in [1.82, 2.24) is 19.8 Å². The number of alkyl halides is 3. The van der Waals surface area contributed by atoms with Crippen LogP contribution < -0.4 is 11.0 Å². The summed E-state index contributed by atoms with van der Waals surface area (Å²) in [7, 11) is 3.80. The highest BCUT2D eigenvalue weighted by Gasteiger charge is 2.38. The second kappa shape index (κ2) is 16.7. The maximum atomic E-state index is 16.0. The summed E-state index contributed by atoms with van der Waals surface area (Å²) in [6.07, 6.45) is 1.03. The van der Waals surface area contributed by atoms with Crippen LogP contribution in [0.25, 0.3) is 11.1 Å². The zero-order chi connectivity index (χ0) is 36.7. The molecule has 4 rings (SSSR count). The Morgan fingerprint density at radius 2 is 1.74 bits per heavy atom. The Morgan fingerprint density at radius 1 is 1.04 bits per heavy atom. The molecule has 2 atom stereocenters. The molecule has 0 saturated carbocycles. The number of carboxylic acids is 1. The zero-order valence-electron chi connectivity index (χ0n) is 28.9. The molecule has 0 spiro atoms. The van der Waals surface area contributed by atoms with E-state index in [1.807, 2.05) is 25.9 Å². The van der Waals surface area contributed by atoms with Crippen molar-refractivity contribution < 1.29 is 36.6 Å². The fourth-order valence-electron chi connectivity index (χ4n) is 6.71. The Balaban J connectivity index is 1.92. The number of nitrogens with one attached hydrogen (secondary N) is 1. The van der Waals surface area contributed by atoms with Crippen molar-refractivity contribution in [2.45, 2.75) is 103 Å². The lowest BCUT2D eigenvalue weighted by Crippen LogP contribution is -2.41. The number of carboxylic acid groups (broad SMARTS) is 1. The summed E-state index contributed by atoms with van der Waals surface area (Å²) in [5, 5.41) is 12.3. The quantitative estimate of drug-likeness (QED) is 0.238. The average molecular weight is 705 g/mol. The maximum Gasteiger partial charge on any atom is 0.419 e. The number of nitrogens with zero attached hydrogens (tertiary/aromatic N) is 3. The van der Waals surface area contributed by atoms with Gasteiger partial charge in [0.1, 0.15) is 17.7 Å². The smallest absolute Gasteiger partial charge is 0.419 e. The number of hydrogen-bond donors (Lipinski definition) is 2. The number of aromatic nitrogens is 2. The van der Waals surface area contributed by atoms with Crippen LogP contribution in [0.5, 0.6) is 0 Å². The summed E-state index contributed by atoms with van der Waals surface area (Å²) in [6.45, 7) is 4.14. The molecule has 272 valence electrons. The summed E-state index contributed by atoms with van der Waals surface area (Å²) in [6, 6.07) is 1.26. The van der Waals surface area contributed by atoms with Gasteiger partial charge in [0, 0.05) is 18.3 Å². The summed E-state index contributed by atoms with van der Waals surface area (Å²) >= 11 is 0. The highest BCUT2D eigenvalue weighted by atomic mass is 19.4. The fourth-order valence-corrected chi connectivity index (χ4v) is 6.71. The Bertz CT molecular complexity index is 1760. The molecular formula is C37H45F5N4O4. The van der Waals surface area contributed by atoms with Gasteiger partial charge in [-0.25, -0.2) is 13.6 Å². The second-order valence-electron chi connectivity index (χ2n) is 13.4. The van der Waals surface area contributed by atoms with E-state index < -0.39 is 65.0 Å². The largest absolute Gasteiger partial charge is 0.481 e. The molecule has 1 amide bonds. The molecule has 1 aliphatic heterocycles. The minimum atomic E-state index is -5.17. The molecule has 2 heterocycles. The van der Waals surface area contributed by atoms with E-state index in [-0.39, 0.29) is 12.0 Å². The number of rotatable bonds is 8. The predicted octanol–water partition coefficient (Wildman–Crippen LogP) is 7.34. The molecule has 1 aromatic heterocycles. The molecular weight excluding hydrogens is 659 g/mol. The lowest BCUT2D eigenvalue weighted by Gasteiger charge is -2.26. The first-order valence-corrected chi connectivity index (χ1v) is 17.1. The van der Waals surface area contributed by atoms with Crippen LogP contribution in [0.1, 0.15) is 104 Å². The topological polar surface area (TPSA) is 105 Å². The molecule has 8 nitrogen and oxygen atoms in total. The van der Waals surface area contributed by atoms with Crippen molar-refractivity contribution in [3.8, 4) is 11.1 Å². The monoisotopic (exact) mass is 704 g/mol. The summed E-state index contributed by atoms with van der Waals surface area (Å²) in [5.41, 5.74) is -0.634. The number of likely N-dealkylation sites (N-methyl/N-ethyl adjacent to an activating group) is 1. The van der Waals surface area contributed by atoms with E-state index in [4.69, 9.17) is 0 Å². The van der Waals surface area contributed by atoms with Crippen LogP contribution in [0.2, 0.25) is 0 Å². The minimum absolute atomic E-state index is 0.0769. The van der Waals surface area contributed by atoms with Gasteiger partial charge in [-0.1, -0.05) is 39.0 Å². The van der Waals surface area contributed by atoms with Crippen LogP contribution in [0, 0.1) is 18.6 Å². The Hall–Kier alpha value is -4.13. The van der Waals surface area contributed by atoms with Gasteiger partial charge in [-0.2, -0.15) is 18.2 Å². The van der Waals surface area contributed by atoms with Crippen LogP contribution in [-0.2, 0) is 35.0 Å². The lowest BCUT2D eigenvalue weighted by molar-refractivity contribution is -0.140. The van der Waals surface area contributed by atoms with E-state index in [9.17, 15) is 37.1 Å². The number of amides is 1. The Labute approximate surface area is 288 Å². The number of hydrogen-bond acceptors (Lipinski definition) is 5. The molecule has 0 aliphatic carbocycles. The minimum Gasteiger partial charge on any atom is -0.481 e. The first-order valence-electron chi connectivity index (χ1n) is 17.1. The first kappa shape index (κ1) is 38.7. The van der Waals surface area contributed by atoms with Crippen molar-refractivity contribution in [2.24, 2.45) is 0 Å². The number of aryl methyl sites for hydroxylation is 3. The molecule has 13 heteroatoms. The molecule has 0 saturated heterocycles. The predicted molar refractivity (Wildman–Crippen MR) is 180 cm³/mol. The molecule has 0 unspecified atom stereocenters. The molecule has 2 bridgehead atoms. The maximum absolute atomic E-state index is 16.0. The van der Waals surface area contributed by atoms with Crippen LogP contribution in [-0.4, -0.2) is 52.1 Å². The normalized spacial score (nSPS) is 17.8. The molecule has 1 aliphatic rings. The van der Waals surface area contributed by atoms with Crippen molar-refractivity contribution >= 4 is 11.9 Å². The first-order chi connectivity index (χ1) is 23.6. The molecule has 50 heavy (non-hydrogen) atoms. The summed E-state index contributed by atoms with van der Waals surface area (Å²) in [5.74, 6) is -4.62. The number of carbonyl (C=O) groups is 2. The number of fused-ring (bicyclic) bond motifs is 4. The van der Waals surface area contributed by atoms with Crippen molar-refractivity contribution in [1.29, 1.82) is 0 Å². The van der Waals surface area contributed by atoms with E-state index in [1.54, 1.807) is 13.1 Å². The van der Waals surface area contributed by atoms with E-state index in [0.717, 1.165) is 30.9 Å². The Kier molecular flexibility index (Phi) is 12.9. The van der Waals surface area contributed by atoms with Gasteiger partial charge in [0.05, 0.1) is 23.7 Å². The highest BCUT2D eigenvalue weighted by molar-refractivity contribution is 5.82. The molecule has 0 fully saturated rings. The second-order valence-corrected chi connectivity index (χ2v) is 13.4. The SMILES string of the molecule is CCCc1nc(=O)n([C@H]2CCCCCCCc3cc(F)cc(C)c3-c3cc(c(F)c(C(F)(F)F)c3)[C@H](CC(=O)O)NC2=O)cc1CCN(C)C. The Morgan fingerprint density at radius 3 is 2.40 bits per heavy atom. The van der Waals surface area contributed by atoms with Gasteiger partial charge in [-0.3, -0.25) is 14.2 Å². The molecule has 2 N–H and O–H groups in total. The van der Waals surface area contributed by atoms with Crippen molar-refractivity contribution in [3.05, 3.63) is 86.1 Å². The zero-order valence-corrected chi connectivity index (χ0v) is 28.9. The standard InChI is InChI=1S/C37H45F5N4O4/c1-5-11-29-24(14-15-45(3)4)21-46(36(50)44-29)31-13-10-8-6-7-9-12-23-17-26(38)16-22(2)33(23)25-18-27(30(20-32(47)48)43-35(31)49)34(39)28(19-25)37(40,41)42/h16-19,21,30-31H,5-15,20H2,1-4H3,(H,43,49)(H,47,48)/t30-,31-/m0/s1. The van der Waals surface area contributed by atoms with E-state index in [0.29, 0.717) is 73.5 Å². The third-order valence-corrected chi connectivity index (χ3v) is 9.14. The summed E-state index contributed by atoms with van der Waals surface area (Å²) in [4.78, 5) is 45.9. The van der Waals surface area contributed by atoms with Gasteiger partial charge in [0.15, 0.2) is 0 Å². The number of benzene rings is 2. The van der Waals surface area contributed by atoms with Gasteiger partial charge in [-0.05, 0) is 105 Å². The number of carbonyl (C=O) groups excluding carboxylic acids is 1. The van der Waals surface area contributed by atoms with Gasteiger partial charge in [0.2, 0.25) is 5.91 Å². The van der Waals surface area contributed by atoms with Crippen LogP contribution in [0.15, 0.2) is 35.3 Å². The van der Waals surface area contributed by atoms with Gasteiger partial charge in [-0.15, -0.1) is 0 Å². The van der Waals surface area contributed by atoms with Crippen molar-refractivity contribution in [2.75, 3.05) is 20.6 Å². The molecule has 2 aromatic carbocycles. The van der Waals surface area contributed by atoms with Crippen LogP contribution >= 0.6 is 0 Å². The van der Waals surface area contributed by atoms with Gasteiger partial charge in [0.25, 0.3) is 0 Å². The highest BCUT2D eigenvalue weighted by Crippen LogP contribution is 2.40. The van der Waals surface area contributed by atoms with E-state index >= 15 is 4.39 Å². The third-order valence-electron chi connectivity index (χ3n) is 9.14. The number of aliphatic carboxylic acids is 1. The fraction of sp³-hybridized carbons (Fsp3) is 0.514. The van der Waals surface area contributed by atoms with E-state index in [2.05, 4.69) is 10.3 Å². The average Bonchev–Trinajstić information content (AvgIpc) is 3.01. The third kappa shape index (κ3) is 9.55. The van der Waals surface area contributed by atoms with Gasteiger partial charge >= 0.3 is 17.8 Å². The van der Waals surface area contributed by atoms with Crippen LogP contribution in [0.4, 0.5) is 22.0 Å².